The monoisotopic (exact) mass is 408 g/mol. The second-order valence-electron chi connectivity index (χ2n) is 7.25. The molecule has 0 spiro atoms. The molecule has 0 saturated heterocycles. The number of likely N-dealkylation sites (N-methyl/N-ethyl adjacent to an activating group) is 1. The van der Waals surface area contributed by atoms with Gasteiger partial charge in [0.15, 0.2) is 0 Å². The van der Waals surface area contributed by atoms with Gasteiger partial charge < -0.3 is 19.2 Å². The number of amides is 1. The summed E-state index contributed by atoms with van der Waals surface area (Å²) in [6.07, 6.45) is 5.77. The Morgan fingerprint density at radius 3 is 2.93 bits per heavy atom. The predicted molar refractivity (Wildman–Crippen MR) is 115 cm³/mol. The van der Waals surface area contributed by atoms with Crippen LogP contribution in [0.25, 0.3) is 16.9 Å². The van der Waals surface area contributed by atoms with Gasteiger partial charge in [-0.2, -0.15) is 0 Å². The van der Waals surface area contributed by atoms with Gasteiger partial charge in [0, 0.05) is 30.9 Å². The highest BCUT2D eigenvalue weighted by Gasteiger charge is 2.17. The van der Waals surface area contributed by atoms with Gasteiger partial charge in [-0.15, -0.1) is 11.3 Å². The lowest BCUT2D eigenvalue weighted by atomic mass is 10.2. The van der Waals surface area contributed by atoms with E-state index >= 15 is 0 Å². The van der Waals surface area contributed by atoms with E-state index in [9.17, 15) is 4.79 Å². The first kappa shape index (κ1) is 19.4. The van der Waals surface area contributed by atoms with E-state index in [0.29, 0.717) is 18.7 Å². The number of pyridine rings is 1. The Morgan fingerprint density at radius 1 is 1.31 bits per heavy atom. The maximum absolute atomic E-state index is 12.8. The summed E-state index contributed by atoms with van der Waals surface area (Å²) >= 11 is 1.65. The summed E-state index contributed by atoms with van der Waals surface area (Å²) in [4.78, 5) is 23.9. The van der Waals surface area contributed by atoms with Gasteiger partial charge in [-0.05, 0) is 39.2 Å². The van der Waals surface area contributed by atoms with Crippen molar-refractivity contribution in [3.8, 4) is 11.4 Å². The number of aromatic nitrogens is 4. The van der Waals surface area contributed by atoms with Gasteiger partial charge in [0.25, 0.3) is 5.91 Å². The number of aryl methyl sites for hydroxylation is 1. The second kappa shape index (κ2) is 8.18. The van der Waals surface area contributed by atoms with E-state index in [1.165, 1.54) is 0 Å². The van der Waals surface area contributed by atoms with Crippen molar-refractivity contribution < 1.29 is 4.79 Å². The molecule has 0 saturated carbocycles. The van der Waals surface area contributed by atoms with Crippen molar-refractivity contribution in [1.82, 2.24) is 29.2 Å². The minimum atomic E-state index is -0.0702. The molecule has 0 radical (unpaired) electrons. The first-order valence-corrected chi connectivity index (χ1v) is 10.4. The van der Waals surface area contributed by atoms with Crippen molar-refractivity contribution >= 4 is 22.8 Å². The number of hydrogen-bond donors (Lipinski definition) is 1. The number of carbonyl (C=O) groups excluding carboxylic acids is 1. The lowest BCUT2D eigenvalue weighted by Crippen LogP contribution is -2.31. The van der Waals surface area contributed by atoms with Gasteiger partial charge in [-0.3, -0.25) is 4.79 Å². The van der Waals surface area contributed by atoms with Crippen LogP contribution in [-0.2, 0) is 6.54 Å². The Hall–Kier alpha value is -2.97. The van der Waals surface area contributed by atoms with Crippen LogP contribution in [0.1, 0.15) is 21.1 Å². The molecule has 0 bridgehead atoms. The molecule has 8 heteroatoms. The maximum atomic E-state index is 12.8. The Labute approximate surface area is 173 Å². The Morgan fingerprint density at radius 2 is 2.17 bits per heavy atom. The van der Waals surface area contributed by atoms with Crippen LogP contribution >= 0.6 is 11.3 Å². The summed E-state index contributed by atoms with van der Waals surface area (Å²) in [5, 5.41) is 6.13. The predicted octanol–water partition coefficient (Wildman–Crippen LogP) is 2.91. The van der Waals surface area contributed by atoms with E-state index in [0.717, 1.165) is 34.2 Å². The molecular weight excluding hydrogens is 384 g/mol. The van der Waals surface area contributed by atoms with Crippen molar-refractivity contribution in [2.45, 2.75) is 13.5 Å². The summed E-state index contributed by atoms with van der Waals surface area (Å²) in [6, 6.07) is 7.78. The van der Waals surface area contributed by atoms with E-state index < -0.39 is 0 Å². The molecule has 0 aliphatic heterocycles. The summed E-state index contributed by atoms with van der Waals surface area (Å²) in [5.41, 5.74) is 4.27. The summed E-state index contributed by atoms with van der Waals surface area (Å²) in [7, 11) is 3.97. The minimum absolute atomic E-state index is 0.0702. The molecule has 7 nitrogen and oxygen atoms in total. The smallest absolute Gasteiger partial charge is 0.253 e. The molecule has 4 aromatic rings. The summed E-state index contributed by atoms with van der Waals surface area (Å²) in [5.74, 6) is -0.0702. The number of thiazole rings is 1. The third-order valence-electron chi connectivity index (χ3n) is 4.67. The first-order chi connectivity index (χ1) is 14.0. The molecule has 4 aromatic heterocycles. The van der Waals surface area contributed by atoms with Crippen molar-refractivity contribution in [2.75, 3.05) is 27.2 Å². The number of nitrogens with zero attached hydrogens (tertiary/aromatic N) is 5. The fourth-order valence-electron chi connectivity index (χ4n) is 3.27. The number of carbonyl (C=O) groups is 1. The molecule has 0 unspecified atom stereocenters. The molecule has 0 fully saturated rings. The standard InChI is InChI=1S/C21H24N6OS/c1-15-24-16(13-29-15)11-26-12-18(23-14-26)20-10-17(19-6-4-5-8-27(19)20)21(28)22-7-9-25(2)3/h4-6,8,10,12-14H,7,9,11H2,1-3H3,(H,22,28). The lowest BCUT2D eigenvalue weighted by molar-refractivity contribution is 0.0953. The fraction of sp³-hybridized carbons (Fsp3) is 0.286. The topological polar surface area (TPSA) is 67.5 Å². The van der Waals surface area contributed by atoms with Crippen molar-refractivity contribution in [3.05, 3.63) is 64.6 Å². The van der Waals surface area contributed by atoms with Gasteiger partial charge in [0.1, 0.15) is 5.69 Å². The van der Waals surface area contributed by atoms with Crippen LogP contribution in [0.4, 0.5) is 0 Å². The van der Waals surface area contributed by atoms with Crippen molar-refractivity contribution in [1.29, 1.82) is 0 Å². The van der Waals surface area contributed by atoms with Gasteiger partial charge >= 0.3 is 0 Å². The van der Waals surface area contributed by atoms with Crippen molar-refractivity contribution in [2.24, 2.45) is 0 Å². The molecule has 29 heavy (non-hydrogen) atoms. The SMILES string of the molecule is Cc1nc(Cn2cnc(-c3cc(C(=O)NCCN(C)C)c4ccccn34)c2)cs1. The average Bonchev–Trinajstić information content (AvgIpc) is 3.40. The minimum Gasteiger partial charge on any atom is -0.351 e. The zero-order chi connectivity index (χ0) is 20.4. The van der Waals surface area contributed by atoms with Crippen LogP contribution in [0.3, 0.4) is 0 Å². The van der Waals surface area contributed by atoms with Gasteiger partial charge in [0.05, 0.1) is 40.3 Å². The quantitative estimate of drug-likeness (QED) is 0.511. The van der Waals surface area contributed by atoms with E-state index in [2.05, 4.69) is 20.7 Å². The third-order valence-corrected chi connectivity index (χ3v) is 5.49. The molecule has 0 aliphatic rings. The van der Waals surface area contributed by atoms with Gasteiger partial charge in [-0.1, -0.05) is 6.07 Å². The Bertz CT molecular complexity index is 1140. The van der Waals surface area contributed by atoms with E-state index in [1.54, 1.807) is 11.3 Å². The highest BCUT2D eigenvalue weighted by molar-refractivity contribution is 7.09. The normalized spacial score (nSPS) is 11.4. The highest BCUT2D eigenvalue weighted by atomic mass is 32.1. The Kier molecular flexibility index (Phi) is 5.46. The maximum Gasteiger partial charge on any atom is 0.253 e. The number of fused-ring (bicyclic) bond motifs is 1. The second-order valence-corrected chi connectivity index (χ2v) is 8.31. The van der Waals surface area contributed by atoms with Crippen LogP contribution < -0.4 is 5.32 Å². The molecule has 1 amide bonds. The zero-order valence-electron chi connectivity index (χ0n) is 16.8. The molecule has 0 aromatic carbocycles. The molecule has 0 atom stereocenters. The van der Waals surface area contributed by atoms with Crippen LogP contribution in [0, 0.1) is 6.92 Å². The molecule has 1 N–H and O–H groups in total. The molecule has 4 rings (SSSR count). The average molecular weight is 409 g/mol. The van der Waals surface area contributed by atoms with E-state index in [4.69, 9.17) is 0 Å². The highest BCUT2D eigenvalue weighted by Crippen LogP contribution is 2.25. The molecular formula is C21H24N6OS. The summed E-state index contributed by atoms with van der Waals surface area (Å²) in [6.45, 7) is 4.09. The fourth-order valence-corrected chi connectivity index (χ4v) is 3.87. The van der Waals surface area contributed by atoms with Gasteiger partial charge in [-0.25, -0.2) is 9.97 Å². The van der Waals surface area contributed by atoms with E-state index in [-0.39, 0.29) is 5.91 Å². The number of hydrogen-bond acceptors (Lipinski definition) is 5. The zero-order valence-corrected chi connectivity index (χ0v) is 17.6. The molecule has 0 aliphatic carbocycles. The van der Waals surface area contributed by atoms with Crippen LogP contribution in [0.5, 0.6) is 0 Å². The number of imidazole rings is 1. The molecule has 150 valence electrons. The molecule has 4 heterocycles. The Balaban J connectivity index is 1.62. The van der Waals surface area contributed by atoms with Crippen LogP contribution in [-0.4, -0.2) is 56.9 Å². The lowest BCUT2D eigenvalue weighted by Gasteiger charge is -2.10. The first-order valence-electron chi connectivity index (χ1n) is 9.47. The number of rotatable bonds is 7. The van der Waals surface area contributed by atoms with Crippen LogP contribution in [0.2, 0.25) is 0 Å². The van der Waals surface area contributed by atoms with Crippen LogP contribution in [0.15, 0.2) is 48.4 Å². The van der Waals surface area contributed by atoms with Gasteiger partial charge in [0.2, 0.25) is 0 Å². The number of nitrogens with one attached hydrogen (secondary N) is 1. The van der Waals surface area contributed by atoms with E-state index in [1.807, 2.05) is 77.9 Å². The largest absolute Gasteiger partial charge is 0.351 e. The van der Waals surface area contributed by atoms with Crippen molar-refractivity contribution in [3.63, 3.8) is 0 Å². The third kappa shape index (κ3) is 4.23. The summed E-state index contributed by atoms with van der Waals surface area (Å²) < 4.78 is 4.03.